The van der Waals surface area contributed by atoms with E-state index in [0.717, 1.165) is 26.9 Å². The van der Waals surface area contributed by atoms with Gasteiger partial charge in [0.2, 0.25) is 15.9 Å². The summed E-state index contributed by atoms with van der Waals surface area (Å²) in [5.74, 6) is -0.369. The molecule has 164 valence electrons. The maximum Gasteiger partial charge on any atom is 0.238 e. The number of nitrogens with zero attached hydrogens (tertiary/aromatic N) is 2. The Morgan fingerprint density at radius 3 is 2.50 bits per heavy atom. The quantitative estimate of drug-likeness (QED) is 0.304. The highest BCUT2D eigenvalue weighted by Gasteiger charge is 2.15. The number of sulfonamides is 1. The molecule has 0 aliphatic heterocycles. The molecule has 0 saturated heterocycles. The highest BCUT2D eigenvalue weighted by atomic mass is 32.2. The predicted molar refractivity (Wildman–Crippen MR) is 123 cm³/mol. The summed E-state index contributed by atoms with van der Waals surface area (Å²) >= 11 is 2.75. The lowest BCUT2D eigenvalue weighted by molar-refractivity contribution is -0.118. The van der Waals surface area contributed by atoms with Gasteiger partial charge in [0.1, 0.15) is 22.0 Å². The Bertz CT molecular complexity index is 1370. The van der Waals surface area contributed by atoms with E-state index < -0.39 is 10.0 Å². The van der Waals surface area contributed by atoms with E-state index in [1.54, 1.807) is 24.3 Å². The first-order valence-electron chi connectivity index (χ1n) is 9.30. The van der Waals surface area contributed by atoms with E-state index >= 15 is 0 Å². The van der Waals surface area contributed by atoms with Crippen molar-refractivity contribution in [2.24, 2.45) is 5.14 Å². The van der Waals surface area contributed by atoms with Gasteiger partial charge in [-0.3, -0.25) is 4.79 Å². The van der Waals surface area contributed by atoms with E-state index in [1.165, 1.54) is 53.7 Å². The van der Waals surface area contributed by atoms with Gasteiger partial charge in [-0.15, -0.1) is 11.3 Å². The third-order valence-corrected chi connectivity index (χ3v) is 7.38. The number of amides is 1. The van der Waals surface area contributed by atoms with Gasteiger partial charge in [0.05, 0.1) is 16.0 Å². The number of thioether (sulfide) groups is 1. The SMILES string of the molecule is NS(=O)(=O)c1ccc(CNC(=O)CSc2ncnc3scc(-c4ccc(F)cc4)c23)cc1. The number of nitrogens with two attached hydrogens (primary N) is 1. The van der Waals surface area contributed by atoms with Crippen LogP contribution in [0.4, 0.5) is 4.39 Å². The first kappa shape index (κ1) is 22.3. The number of halogens is 1. The minimum Gasteiger partial charge on any atom is -0.351 e. The van der Waals surface area contributed by atoms with Gasteiger partial charge in [-0.25, -0.2) is 27.9 Å². The molecule has 0 bridgehead atoms. The molecule has 0 radical (unpaired) electrons. The molecule has 32 heavy (non-hydrogen) atoms. The second kappa shape index (κ2) is 9.33. The van der Waals surface area contributed by atoms with Crippen molar-refractivity contribution in [3.63, 3.8) is 0 Å². The fourth-order valence-electron chi connectivity index (χ4n) is 2.98. The maximum absolute atomic E-state index is 13.3. The molecule has 0 saturated carbocycles. The van der Waals surface area contributed by atoms with Gasteiger partial charge in [-0.05, 0) is 35.4 Å². The van der Waals surface area contributed by atoms with Crippen molar-refractivity contribution in [3.8, 4) is 11.1 Å². The molecule has 4 aromatic rings. The summed E-state index contributed by atoms with van der Waals surface area (Å²) in [5.41, 5.74) is 2.49. The molecule has 0 spiro atoms. The summed E-state index contributed by atoms with van der Waals surface area (Å²) in [6.45, 7) is 0.253. The van der Waals surface area contributed by atoms with E-state index in [2.05, 4.69) is 15.3 Å². The average molecular weight is 489 g/mol. The van der Waals surface area contributed by atoms with Crippen molar-refractivity contribution in [1.29, 1.82) is 0 Å². The summed E-state index contributed by atoms with van der Waals surface area (Å²) in [5, 5.41) is 11.3. The summed E-state index contributed by atoms with van der Waals surface area (Å²) in [6, 6.07) is 12.2. The largest absolute Gasteiger partial charge is 0.351 e. The number of fused-ring (bicyclic) bond motifs is 1. The van der Waals surface area contributed by atoms with Crippen LogP contribution in [0.25, 0.3) is 21.3 Å². The Labute approximate surface area is 192 Å². The average Bonchev–Trinajstić information content (AvgIpc) is 3.21. The molecule has 0 aliphatic rings. The van der Waals surface area contributed by atoms with E-state index in [9.17, 15) is 17.6 Å². The lowest BCUT2D eigenvalue weighted by Gasteiger charge is -2.07. The first-order valence-corrected chi connectivity index (χ1v) is 12.7. The van der Waals surface area contributed by atoms with Crippen LogP contribution in [0.3, 0.4) is 0 Å². The normalized spacial score (nSPS) is 11.6. The highest BCUT2D eigenvalue weighted by Crippen LogP contribution is 2.37. The molecule has 0 aliphatic carbocycles. The van der Waals surface area contributed by atoms with Crippen LogP contribution in [-0.2, 0) is 21.4 Å². The maximum atomic E-state index is 13.3. The Balaban J connectivity index is 1.43. The third kappa shape index (κ3) is 5.13. The van der Waals surface area contributed by atoms with Gasteiger partial charge in [-0.1, -0.05) is 36.0 Å². The fourth-order valence-corrected chi connectivity index (χ4v) is 5.32. The van der Waals surface area contributed by atoms with Crippen LogP contribution in [0.15, 0.2) is 70.2 Å². The van der Waals surface area contributed by atoms with Gasteiger partial charge in [0, 0.05) is 17.5 Å². The Morgan fingerprint density at radius 1 is 1.09 bits per heavy atom. The van der Waals surface area contributed by atoms with Gasteiger partial charge in [-0.2, -0.15) is 0 Å². The molecular formula is C21H17FN4O3S3. The number of hydrogen-bond acceptors (Lipinski definition) is 7. The smallest absolute Gasteiger partial charge is 0.238 e. The second-order valence-corrected chi connectivity index (χ2v) is 10.2. The van der Waals surface area contributed by atoms with Crippen LogP contribution in [0.5, 0.6) is 0 Å². The minimum atomic E-state index is -3.75. The molecular weight excluding hydrogens is 471 g/mol. The molecule has 0 unspecified atom stereocenters. The number of hydrogen-bond donors (Lipinski definition) is 2. The van der Waals surface area contributed by atoms with Crippen molar-refractivity contribution >= 4 is 49.2 Å². The summed E-state index contributed by atoms with van der Waals surface area (Å²) < 4.78 is 35.9. The zero-order chi connectivity index (χ0) is 22.7. The lowest BCUT2D eigenvalue weighted by Crippen LogP contribution is -2.24. The molecule has 0 fully saturated rings. The second-order valence-electron chi connectivity index (χ2n) is 6.77. The standard InChI is InChI=1S/C21H17FN4O3S3/c22-15-5-3-14(4-6-15)17-10-30-20-19(17)21(26-12-25-20)31-11-18(27)24-9-13-1-7-16(8-2-13)32(23,28)29/h1-8,10,12H,9,11H2,(H,24,27)(H2,23,28,29). The van der Waals surface area contributed by atoms with Crippen molar-refractivity contribution in [3.05, 3.63) is 71.6 Å². The van der Waals surface area contributed by atoms with Crippen LogP contribution >= 0.6 is 23.1 Å². The van der Waals surface area contributed by atoms with Gasteiger partial charge in [0.15, 0.2) is 0 Å². The van der Waals surface area contributed by atoms with Crippen LogP contribution in [0, 0.1) is 5.82 Å². The van der Waals surface area contributed by atoms with E-state index in [4.69, 9.17) is 5.14 Å². The number of benzene rings is 2. The van der Waals surface area contributed by atoms with Crippen LogP contribution in [0.1, 0.15) is 5.56 Å². The molecule has 2 aromatic heterocycles. The topological polar surface area (TPSA) is 115 Å². The number of rotatable bonds is 7. The predicted octanol–water partition coefficient (Wildman–Crippen LogP) is 3.55. The molecule has 4 rings (SSSR count). The van der Waals surface area contributed by atoms with Crippen molar-refractivity contribution in [2.45, 2.75) is 16.5 Å². The van der Waals surface area contributed by atoms with Crippen molar-refractivity contribution < 1.29 is 17.6 Å². The monoisotopic (exact) mass is 488 g/mol. The zero-order valence-corrected chi connectivity index (χ0v) is 18.9. The zero-order valence-electron chi connectivity index (χ0n) is 16.5. The molecule has 1 amide bonds. The van der Waals surface area contributed by atoms with E-state index in [1.807, 2.05) is 5.38 Å². The van der Waals surface area contributed by atoms with Gasteiger partial charge in [0.25, 0.3) is 0 Å². The van der Waals surface area contributed by atoms with E-state index in [0.29, 0.717) is 5.03 Å². The summed E-state index contributed by atoms with van der Waals surface area (Å²) in [7, 11) is -3.75. The van der Waals surface area contributed by atoms with Crippen LogP contribution in [0.2, 0.25) is 0 Å². The highest BCUT2D eigenvalue weighted by molar-refractivity contribution is 8.00. The van der Waals surface area contributed by atoms with Crippen molar-refractivity contribution in [1.82, 2.24) is 15.3 Å². The first-order chi connectivity index (χ1) is 15.3. The number of aromatic nitrogens is 2. The number of carbonyl (C=O) groups is 1. The fraction of sp³-hybridized carbons (Fsp3) is 0.0952. The molecule has 3 N–H and O–H groups in total. The number of primary sulfonamides is 1. The Kier molecular flexibility index (Phi) is 6.51. The van der Waals surface area contributed by atoms with Gasteiger partial charge < -0.3 is 5.32 Å². The Morgan fingerprint density at radius 2 is 1.81 bits per heavy atom. The summed E-state index contributed by atoms with van der Waals surface area (Å²) in [6.07, 6.45) is 1.46. The molecule has 11 heteroatoms. The molecule has 2 heterocycles. The van der Waals surface area contributed by atoms with E-state index in [-0.39, 0.29) is 28.9 Å². The number of carbonyl (C=O) groups excluding carboxylic acids is 1. The summed E-state index contributed by atoms with van der Waals surface area (Å²) in [4.78, 5) is 21.8. The number of nitrogens with one attached hydrogen (secondary N) is 1. The van der Waals surface area contributed by atoms with Crippen LogP contribution < -0.4 is 10.5 Å². The van der Waals surface area contributed by atoms with Crippen molar-refractivity contribution in [2.75, 3.05) is 5.75 Å². The molecule has 2 aromatic carbocycles. The molecule has 0 atom stereocenters. The molecule has 7 nitrogen and oxygen atoms in total. The Hall–Kier alpha value is -2.86. The van der Waals surface area contributed by atoms with Crippen LogP contribution in [-0.4, -0.2) is 30.0 Å². The van der Waals surface area contributed by atoms with Gasteiger partial charge >= 0.3 is 0 Å². The minimum absolute atomic E-state index is 0.0173. The third-order valence-electron chi connectivity index (χ3n) is 4.57. The number of thiophene rings is 1. The lowest BCUT2D eigenvalue weighted by atomic mass is 10.1.